The summed E-state index contributed by atoms with van der Waals surface area (Å²) in [6, 6.07) is 5.85. The van der Waals surface area contributed by atoms with Gasteiger partial charge >= 0.3 is 0 Å². The molecule has 2 rings (SSSR count). The molecule has 0 unspecified atom stereocenters. The zero-order chi connectivity index (χ0) is 13.7. The molecule has 0 radical (unpaired) electrons. The molecule has 102 valence electrons. The van der Waals surface area contributed by atoms with E-state index in [0.717, 1.165) is 37.3 Å². The van der Waals surface area contributed by atoms with Crippen molar-refractivity contribution in [2.24, 2.45) is 16.9 Å². The van der Waals surface area contributed by atoms with Crippen molar-refractivity contribution in [1.29, 1.82) is 0 Å². The van der Waals surface area contributed by atoms with E-state index < -0.39 is 0 Å². The maximum absolute atomic E-state index is 11.3. The van der Waals surface area contributed by atoms with Gasteiger partial charge in [-0.2, -0.15) is 5.10 Å². The third-order valence-electron chi connectivity index (χ3n) is 3.67. The van der Waals surface area contributed by atoms with E-state index in [2.05, 4.69) is 10.1 Å². The fraction of sp³-hybridized carbons (Fsp3) is 0.500. The summed E-state index contributed by atoms with van der Waals surface area (Å²) in [5.41, 5.74) is 1.97. The summed E-state index contributed by atoms with van der Waals surface area (Å²) < 4.78 is 0. The van der Waals surface area contributed by atoms with Crippen LogP contribution in [-0.4, -0.2) is 34.6 Å². The molecule has 0 aromatic carbocycles. The second kappa shape index (κ2) is 6.31. The third-order valence-corrected chi connectivity index (χ3v) is 3.67. The Morgan fingerprint density at radius 3 is 2.74 bits per heavy atom. The highest BCUT2D eigenvalue weighted by molar-refractivity contribution is 5.88. The quantitative estimate of drug-likeness (QED) is 0.504. The molecule has 1 aliphatic rings. The molecule has 19 heavy (non-hydrogen) atoms. The van der Waals surface area contributed by atoms with Crippen molar-refractivity contribution in [3.8, 4) is 0 Å². The molecule has 1 amide bonds. The molecule has 0 bridgehead atoms. The maximum Gasteiger partial charge on any atom is 0.219 e. The van der Waals surface area contributed by atoms with Gasteiger partial charge in [0.05, 0.1) is 0 Å². The predicted molar refractivity (Wildman–Crippen MR) is 74.5 cm³/mol. The second-order valence-electron chi connectivity index (χ2n) is 4.90. The monoisotopic (exact) mass is 260 g/mol. The molecular weight excluding hydrogens is 240 g/mol. The summed E-state index contributed by atoms with van der Waals surface area (Å²) in [4.78, 5) is 17.5. The van der Waals surface area contributed by atoms with Crippen LogP contribution < -0.4 is 5.84 Å². The van der Waals surface area contributed by atoms with E-state index in [1.807, 2.05) is 23.1 Å². The lowest BCUT2D eigenvalue weighted by molar-refractivity contribution is -0.129. The van der Waals surface area contributed by atoms with Crippen LogP contribution >= 0.6 is 0 Å². The van der Waals surface area contributed by atoms with Crippen LogP contribution in [0.2, 0.25) is 0 Å². The standard InChI is InChI=1S/C14H20N4O/c1-11(19)18-8-5-12(6-9-18)14(17-15)10-13-4-2-3-7-16-13/h2-4,7,12H,5-6,8-10,15H2,1H3/b17-14-. The van der Waals surface area contributed by atoms with Crippen LogP contribution in [0.25, 0.3) is 0 Å². The lowest BCUT2D eigenvalue weighted by atomic mass is 9.89. The van der Waals surface area contributed by atoms with Gasteiger partial charge in [0.25, 0.3) is 0 Å². The topological polar surface area (TPSA) is 71.6 Å². The van der Waals surface area contributed by atoms with E-state index in [9.17, 15) is 4.79 Å². The zero-order valence-electron chi connectivity index (χ0n) is 11.2. The summed E-state index contributed by atoms with van der Waals surface area (Å²) in [5, 5.41) is 3.95. The Labute approximate surface area is 113 Å². The number of rotatable bonds is 3. The molecular formula is C14H20N4O. The minimum Gasteiger partial charge on any atom is -0.343 e. The van der Waals surface area contributed by atoms with Crippen LogP contribution in [0.1, 0.15) is 25.5 Å². The number of carbonyl (C=O) groups excluding carboxylic acids is 1. The van der Waals surface area contributed by atoms with Gasteiger partial charge in [-0.15, -0.1) is 0 Å². The van der Waals surface area contributed by atoms with Crippen molar-refractivity contribution in [1.82, 2.24) is 9.88 Å². The highest BCUT2D eigenvalue weighted by Crippen LogP contribution is 2.20. The summed E-state index contributed by atoms with van der Waals surface area (Å²) >= 11 is 0. The van der Waals surface area contributed by atoms with Gasteiger partial charge < -0.3 is 10.7 Å². The third kappa shape index (κ3) is 3.53. The molecule has 2 heterocycles. The fourth-order valence-electron chi connectivity index (χ4n) is 2.51. The van der Waals surface area contributed by atoms with Crippen molar-refractivity contribution in [3.05, 3.63) is 30.1 Å². The van der Waals surface area contributed by atoms with Crippen molar-refractivity contribution in [3.63, 3.8) is 0 Å². The SMILES string of the molecule is CC(=O)N1CCC(/C(Cc2ccccn2)=N\N)CC1. The molecule has 1 aliphatic heterocycles. The molecule has 0 spiro atoms. The zero-order valence-corrected chi connectivity index (χ0v) is 11.2. The van der Waals surface area contributed by atoms with Crippen LogP contribution in [0.4, 0.5) is 0 Å². The van der Waals surface area contributed by atoms with Gasteiger partial charge in [-0.3, -0.25) is 9.78 Å². The average Bonchev–Trinajstić information content (AvgIpc) is 2.46. The van der Waals surface area contributed by atoms with Gasteiger partial charge in [-0.1, -0.05) is 6.07 Å². The Morgan fingerprint density at radius 1 is 1.47 bits per heavy atom. The molecule has 2 N–H and O–H groups in total. The molecule has 0 atom stereocenters. The first-order valence-corrected chi connectivity index (χ1v) is 6.62. The number of likely N-dealkylation sites (tertiary alicyclic amines) is 1. The van der Waals surface area contributed by atoms with Gasteiger partial charge in [0.15, 0.2) is 0 Å². The second-order valence-corrected chi connectivity index (χ2v) is 4.90. The van der Waals surface area contributed by atoms with E-state index >= 15 is 0 Å². The lowest BCUT2D eigenvalue weighted by Crippen LogP contribution is -2.39. The number of hydrogen-bond donors (Lipinski definition) is 1. The summed E-state index contributed by atoms with van der Waals surface area (Å²) in [5.74, 6) is 6.04. The van der Waals surface area contributed by atoms with E-state index in [1.165, 1.54) is 0 Å². The molecule has 1 fully saturated rings. The van der Waals surface area contributed by atoms with Crippen LogP contribution in [0.3, 0.4) is 0 Å². The largest absolute Gasteiger partial charge is 0.343 e. The van der Waals surface area contributed by atoms with Crippen molar-refractivity contribution < 1.29 is 4.79 Å². The Hall–Kier alpha value is -1.91. The summed E-state index contributed by atoms with van der Waals surface area (Å²) in [7, 11) is 0. The van der Waals surface area contributed by atoms with Crippen molar-refractivity contribution in [2.45, 2.75) is 26.2 Å². The maximum atomic E-state index is 11.3. The van der Waals surface area contributed by atoms with Crippen molar-refractivity contribution in [2.75, 3.05) is 13.1 Å². The minimum atomic E-state index is 0.148. The fourth-order valence-corrected chi connectivity index (χ4v) is 2.51. The number of piperidine rings is 1. The van der Waals surface area contributed by atoms with Crippen molar-refractivity contribution >= 4 is 11.6 Å². The number of aromatic nitrogens is 1. The molecule has 1 aromatic rings. The van der Waals surface area contributed by atoms with Crippen LogP contribution in [0.5, 0.6) is 0 Å². The lowest BCUT2D eigenvalue weighted by Gasteiger charge is -2.31. The normalized spacial score (nSPS) is 17.5. The summed E-state index contributed by atoms with van der Waals surface area (Å²) in [6.45, 7) is 3.20. The number of carbonyl (C=O) groups is 1. The average molecular weight is 260 g/mol. The highest BCUT2D eigenvalue weighted by Gasteiger charge is 2.24. The Morgan fingerprint density at radius 2 is 2.21 bits per heavy atom. The Bertz CT molecular complexity index is 450. The number of hydrogen-bond acceptors (Lipinski definition) is 4. The van der Waals surface area contributed by atoms with Crippen LogP contribution in [-0.2, 0) is 11.2 Å². The van der Waals surface area contributed by atoms with Gasteiger partial charge in [-0.25, -0.2) is 0 Å². The molecule has 0 aliphatic carbocycles. The van der Waals surface area contributed by atoms with Gasteiger partial charge in [0.2, 0.25) is 5.91 Å². The van der Waals surface area contributed by atoms with Crippen LogP contribution in [0, 0.1) is 5.92 Å². The van der Waals surface area contributed by atoms with E-state index in [4.69, 9.17) is 5.84 Å². The van der Waals surface area contributed by atoms with Gasteiger partial charge in [0.1, 0.15) is 0 Å². The van der Waals surface area contributed by atoms with Crippen LogP contribution in [0.15, 0.2) is 29.5 Å². The van der Waals surface area contributed by atoms with Gasteiger partial charge in [0, 0.05) is 50.0 Å². The molecule has 5 heteroatoms. The highest BCUT2D eigenvalue weighted by atomic mass is 16.2. The number of hydrazone groups is 1. The summed E-state index contributed by atoms with van der Waals surface area (Å²) in [6.07, 6.45) is 4.34. The van der Waals surface area contributed by atoms with Gasteiger partial charge in [-0.05, 0) is 25.0 Å². The van der Waals surface area contributed by atoms with E-state index in [1.54, 1.807) is 13.1 Å². The molecule has 1 saturated heterocycles. The Balaban J connectivity index is 1.95. The first-order chi connectivity index (χ1) is 9.20. The minimum absolute atomic E-state index is 0.148. The number of nitrogens with two attached hydrogens (primary N) is 1. The van der Waals surface area contributed by atoms with E-state index in [-0.39, 0.29) is 5.91 Å². The molecule has 0 saturated carbocycles. The number of nitrogens with zero attached hydrogens (tertiary/aromatic N) is 3. The smallest absolute Gasteiger partial charge is 0.219 e. The van der Waals surface area contributed by atoms with E-state index in [0.29, 0.717) is 12.3 Å². The first kappa shape index (κ1) is 13.5. The molecule has 5 nitrogen and oxygen atoms in total. The number of pyridine rings is 1. The molecule has 1 aromatic heterocycles. The predicted octanol–water partition coefficient (Wildman–Crippen LogP) is 1.20. The Kier molecular flexibility index (Phi) is 4.49. The number of amides is 1. The first-order valence-electron chi connectivity index (χ1n) is 6.62.